The number of hydrogen-bond donors (Lipinski definition) is 0. The van der Waals surface area contributed by atoms with Gasteiger partial charge in [-0.05, 0) is 43.9 Å². The normalized spacial score (nSPS) is 12.7. The minimum absolute atomic E-state index is 0.122. The molecule has 0 aliphatic rings. The molecule has 84 valence electrons. The van der Waals surface area contributed by atoms with Crippen molar-refractivity contribution in [2.45, 2.75) is 52.6 Å². The number of rotatable bonds is 1. The van der Waals surface area contributed by atoms with Crippen LogP contribution < -0.4 is 4.74 Å². The molecule has 1 heteroatoms. The van der Waals surface area contributed by atoms with Gasteiger partial charge in [-0.1, -0.05) is 32.9 Å². The van der Waals surface area contributed by atoms with Gasteiger partial charge in [0, 0.05) is 0 Å². The number of ether oxygens (including phenoxy) is 1. The van der Waals surface area contributed by atoms with Crippen molar-refractivity contribution in [2.75, 3.05) is 0 Å². The fourth-order valence-electron chi connectivity index (χ4n) is 1.38. The molecular formula is C14H22O. The molecule has 1 rings (SSSR count). The number of hydrogen-bond acceptors (Lipinski definition) is 1. The molecule has 0 heterocycles. The summed E-state index contributed by atoms with van der Waals surface area (Å²) in [6, 6.07) is 8.37. The zero-order valence-electron chi connectivity index (χ0n) is 10.7. The Morgan fingerprint density at radius 2 is 1.27 bits per heavy atom. The van der Waals surface area contributed by atoms with E-state index in [2.05, 4.69) is 53.7 Å². The Hall–Kier alpha value is -0.980. The lowest BCUT2D eigenvalue weighted by atomic mass is 9.87. The van der Waals surface area contributed by atoms with Crippen LogP contribution >= 0.6 is 0 Å². The summed E-state index contributed by atoms with van der Waals surface area (Å²) in [5.41, 5.74) is 1.42. The Balaban J connectivity index is 2.82. The zero-order chi connectivity index (χ0) is 11.7. The van der Waals surface area contributed by atoms with Crippen LogP contribution in [0.15, 0.2) is 24.3 Å². The van der Waals surface area contributed by atoms with Gasteiger partial charge in [0.1, 0.15) is 11.4 Å². The summed E-state index contributed by atoms with van der Waals surface area (Å²) < 4.78 is 5.77. The Bertz CT molecular complexity index is 309. The van der Waals surface area contributed by atoms with Gasteiger partial charge in [-0.25, -0.2) is 0 Å². The highest BCUT2D eigenvalue weighted by atomic mass is 16.5. The summed E-state index contributed by atoms with van der Waals surface area (Å²) in [6.07, 6.45) is 0. The van der Waals surface area contributed by atoms with Crippen molar-refractivity contribution in [1.29, 1.82) is 0 Å². The van der Waals surface area contributed by atoms with E-state index in [0.29, 0.717) is 0 Å². The van der Waals surface area contributed by atoms with E-state index in [4.69, 9.17) is 4.74 Å². The van der Waals surface area contributed by atoms with Gasteiger partial charge in [-0.2, -0.15) is 0 Å². The lowest BCUT2D eigenvalue weighted by Crippen LogP contribution is -2.23. The Labute approximate surface area is 93.5 Å². The summed E-state index contributed by atoms with van der Waals surface area (Å²) in [4.78, 5) is 0. The van der Waals surface area contributed by atoms with Crippen molar-refractivity contribution in [3.8, 4) is 5.75 Å². The van der Waals surface area contributed by atoms with E-state index in [1.165, 1.54) is 5.56 Å². The largest absolute Gasteiger partial charge is 0.488 e. The highest BCUT2D eigenvalue weighted by Gasteiger charge is 2.15. The second kappa shape index (κ2) is 3.88. The van der Waals surface area contributed by atoms with Gasteiger partial charge >= 0.3 is 0 Å². The predicted molar refractivity (Wildman–Crippen MR) is 65.5 cm³/mol. The quantitative estimate of drug-likeness (QED) is 0.670. The van der Waals surface area contributed by atoms with Crippen LogP contribution in [0, 0.1) is 0 Å². The van der Waals surface area contributed by atoms with Crippen molar-refractivity contribution in [3.63, 3.8) is 0 Å². The third-order valence-corrected chi connectivity index (χ3v) is 2.14. The molecule has 0 spiro atoms. The van der Waals surface area contributed by atoms with Crippen LogP contribution in [-0.4, -0.2) is 5.60 Å². The molecule has 15 heavy (non-hydrogen) atoms. The molecule has 0 amide bonds. The standard InChI is InChI=1S/C14H22O/c1-13(2,3)11-7-9-12(10-8-11)15-14(4,5)6/h7-10H,1-6H3. The Morgan fingerprint density at radius 1 is 0.800 bits per heavy atom. The minimum atomic E-state index is -0.122. The molecule has 0 saturated carbocycles. The fraction of sp³-hybridized carbons (Fsp3) is 0.571. The highest BCUT2D eigenvalue weighted by molar-refractivity contribution is 5.31. The van der Waals surface area contributed by atoms with Crippen LogP contribution in [0.3, 0.4) is 0 Å². The smallest absolute Gasteiger partial charge is 0.120 e. The van der Waals surface area contributed by atoms with E-state index < -0.39 is 0 Å². The van der Waals surface area contributed by atoms with Crippen molar-refractivity contribution >= 4 is 0 Å². The first-order valence-electron chi connectivity index (χ1n) is 5.48. The van der Waals surface area contributed by atoms with E-state index in [1.54, 1.807) is 0 Å². The molecular weight excluding hydrogens is 184 g/mol. The lowest BCUT2D eigenvalue weighted by molar-refractivity contribution is 0.131. The minimum Gasteiger partial charge on any atom is -0.488 e. The molecule has 0 aliphatic heterocycles. The van der Waals surface area contributed by atoms with Crippen LogP contribution in [0.2, 0.25) is 0 Å². The molecule has 1 nitrogen and oxygen atoms in total. The molecule has 0 atom stereocenters. The van der Waals surface area contributed by atoms with E-state index in [0.717, 1.165) is 5.75 Å². The second-order valence-electron chi connectivity index (χ2n) is 5.99. The fourth-order valence-corrected chi connectivity index (χ4v) is 1.38. The molecule has 1 aromatic rings. The average Bonchev–Trinajstić information content (AvgIpc) is 2.00. The van der Waals surface area contributed by atoms with Gasteiger partial charge in [0.2, 0.25) is 0 Å². The maximum atomic E-state index is 5.77. The lowest BCUT2D eigenvalue weighted by Gasteiger charge is -2.23. The maximum Gasteiger partial charge on any atom is 0.120 e. The van der Waals surface area contributed by atoms with Crippen molar-refractivity contribution in [1.82, 2.24) is 0 Å². The summed E-state index contributed by atoms with van der Waals surface area (Å²) in [5.74, 6) is 0.940. The van der Waals surface area contributed by atoms with Crippen LogP contribution in [-0.2, 0) is 5.41 Å². The summed E-state index contributed by atoms with van der Waals surface area (Å²) >= 11 is 0. The average molecular weight is 206 g/mol. The molecule has 1 aromatic carbocycles. The van der Waals surface area contributed by atoms with Crippen LogP contribution in [0.4, 0.5) is 0 Å². The van der Waals surface area contributed by atoms with Gasteiger partial charge in [-0.3, -0.25) is 0 Å². The molecule has 0 radical (unpaired) electrons. The van der Waals surface area contributed by atoms with Gasteiger partial charge in [-0.15, -0.1) is 0 Å². The summed E-state index contributed by atoms with van der Waals surface area (Å²) in [5, 5.41) is 0. The van der Waals surface area contributed by atoms with E-state index >= 15 is 0 Å². The van der Waals surface area contributed by atoms with E-state index in [-0.39, 0.29) is 11.0 Å². The first kappa shape index (κ1) is 12.1. The van der Waals surface area contributed by atoms with Gasteiger partial charge < -0.3 is 4.74 Å². The number of benzene rings is 1. The summed E-state index contributed by atoms with van der Waals surface area (Å²) in [7, 11) is 0. The van der Waals surface area contributed by atoms with Gasteiger partial charge in [0.15, 0.2) is 0 Å². The topological polar surface area (TPSA) is 9.23 Å². The van der Waals surface area contributed by atoms with Crippen molar-refractivity contribution in [3.05, 3.63) is 29.8 Å². The van der Waals surface area contributed by atoms with Crippen molar-refractivity contribution < 1.29 is 4.74 Å². The highest BCUT2D eigenvalue weighted by Crippen LogP contribution is 2.25. The predicted octanol–water partition coefficient (Wildman–Crippen LogP) is 4.16. The third-order valence-electron chi connectivity index (χ3n) is 2.14. The Kier molecular flexibility index (Phi) is 3.13. The zero-order valence-corrected chi connectivity index (χ0v) is 10.7. The van der Waals surface area contributed by atoms with Gasteiger partial charge in [0.05, 0.1) is 0 Å². The third kappa shape index (κ3) is 3.94. The first-order chi connectivity index (χ1) is 6.68. The Morgan fingerprint density at radius 3 is 1.60 bits per heavy atom. The monoisotopic (exact) mass is 206 g/mol. The first-order valence-corrected chi connectivity index (χ1v) is 5.48. The molecule has 0 unspecified atom stereocenters. The van der Waals surface area contributed by atoms with Crippen LogP contribution in [0.1, 0.15) is 47.1 Å². The molecule has 0 saturated heterocycles. The summed E-state index contributed by atoms with van der Waals surface area (Å²) in [6.45, 7) is 12.8. The molecule has 0 bridgehead atoms. The molecule has 0 aromatic heterocycles. The van der Waals surface area contributed by atoms with Gasteiger partial charge in [0.25, 0.3) is 0 Å². The maximum absolute atomic E-state index is 5.77. The molecule has 0 N–H and O–H groups in total. The van der Waals surface area contributed by atoms with E-state index in [9.17, 15) is 0 Å². The van der Waals surface area contributed by atoms with Crippen LogP contribution in [0.5, 0.6) is 5.75 Å². The molecule has 0 fully saturated rings. The van der Waals surface area contributed by atoms with E-state index in [1.807, 2.05) is 12.1 Å². The van der Waals surface area contributed by atoms with Crippen molar-refractivity contribution in [2.24, 2.45) is 0 Å². The molecule has 0 aliphatic carbocycles. The van der Waals surface area contributed by atoms with Crippen LogP contribution in [0.25, 0.3) is 0 Å². The SMILES string of the molecule is CC(C)(C)Oc1ccc(C(C)(C)C)cc1. The second-order valence-corrected chi connectivity index (χ2v) is 5.99.